The van der Waals surface area contributed by atoms with Crippen LogP contribution in [0.15, 0.2) is 48.5 Å². The van der Waals surface area contributed by atoms with Gasteiger partial charge in [0.1, 0.15) is 6.04 Å². The van der Waals surface area contributed by atoms with Gasteiger partial charge in [0.15, 0.2) is 11.5 Å². The maximum absolute atomic E-state index is 13.3. The number of carbonyl (C=O) groups excluding carboxylic acids is 2. The largest absolute Gasteiger partial charge is 0.490 e. The minimum Gasteiger partial charge on any atom is -0.490 e. The summed E-state index contributed by atoms with van der Waals surface area (Å²) in [5.74, 6) is 1.24. The Morgan fingerprint density at radius 3 is 2.22 bits per heavy atom. The highest BCUT2D eigenvalue weighted by atomic mass is 16.5. The Hall–Kier alpha value is -3.02. The van der Waals surface area contributed by atoms with E-state index in [4.69, 9.17) is 9.47 Å². The van der Waals surface area contributed by atoms with Crippen LogP contribution in [0.1, 0.15) is 51.7 Å². The number of nitrogens with one attached hydrogen (secondary N) is 1. The van der Waals surface area contributed by atoms with Gasteiger partial charge in [-0.1, -0.05) is 43.3 Å². The molecule has 0 aliphatic heterocycles. The van der Waals surface area contributed by atoms with E-state index < -0.39 is 6.04 Å². The number of hydrogen-bond acceptors (Lipinski definition) is 4. The number of nitrogens with zero attached hydrogens (tertiary/aromatic N) is 1. The number of benzene rings is 2. The van der Waals surface area contributed by atoms with E-state index in [1.165, 1.54) is 0 Å². The van der Waals surface area contributed by atoms with Gasteiger partial charge in [0.25, 0.3) is 0 Å². The molecular weight excluding hydrogens is 404 g/mol. The van der Waals surface area contributed by atoms with Gasteiger partial charge < -0.3 is 19.7 Å². The molecule has 0 unspecified atom stereocenters. The van der Waals surface area contributed by atoms with Crippen LogP contribution in [0.4, 0.5) is 0 Å². The Morgan fingerprint density at radius 1 is 0.906 bits per heavy atom. The molecule has 1 atom stereocenters. The third kappa shape index (κ3) is 7.29. The Morgan fingerprint density at radius 2 is 1.59 bits per heavy atom. The molecule has 174 valence electrons. The molecule has 2 aromatic rings. The maximum atomic E-state index is 13.3. The molecule has 0 fully saturated rings. The van der Waals surface area contributed by atoms with E-state index in [1.807, 2.05) is 76.2 Å². The summed E-state index contributed by atoms with van der Waals surface area (Å²) in [4.78, 5) is 27.7. The molecule has 2 amide bonds. The molecule has 0 radical (unpaired) electrons. The number of ether oxygens (including phenoxy) is 2. The predicted molar refractivity (Wildman–Crippen MR) is 127 cm³/mol. The van der Waals surface area contributed by atoms with E-state index in [0.29, 0.717) is 57.1 Å². The Bertz CT molecular complexity index is 854. The number of likely N-dealkylation sites (N-methyl/N-ethyl adjacent to an activating group) is 1. The molecular formula is C26H36N2O4. The van der Waals surface area contributed by atoms with Crippen LogP contribution in [0.2, 0.25) is 0 Å². The molecule has 0 aliphatic carbocycles. The van der Waals surface area contributed by atoms with Crippen LogP contribution < -0.4 is 14.8 Å². The highest BCUT2D eigenvalue weighted by Crippen LogP contribution is 2.29. The first-order valence-corrected chi connectivity index (χ1v) is 11.5. The fourth-order valence-corrected chi connectivity index (χ4v) is 3.64. The Balaban J connectivity index is 2.18. The topological polar surface area (TPSA) is 67.9 Å². The molecule has 0 aromatic heterocycles. The molecule has 0 heterocycles. The van der Waals surface area contributed by atoms with Crippen molar-refractivity contribution in [2.75, 3.05) is 19.8 Å². The summed E-state index contributed by atoms with van der Waals surface area (Å²) in [6.07, 6.45) is 1.42. The van der Waals surface area contributed by atoms with Crippen molar-refractivity contribution in [3.05, 3.63) is 59.7 Å². The van der Waals surface area contributed by atoms with Crippen molar-refractivity contribution >= 4 is 11.8 Å². The first-order valence-electron chi connectivity index (χ1n) is 11.5. The monoisotopic (exact) mass is 440 g/mol. The lowest BCUT2D eigenvalue weighted by Gasteiger charge is -2.30. The summed E-state index contributed by atoms with van der Waals surface area (Å²) >= 11 is 0. The molecule has 6 nitrogen and oxygen atoms in total. The molecule has 0 saturated carbocycles. The summed E-state index contributed by atoms with van der Waals surface area (Å²) in [5, 5.41) is 2.87. The number of amides is 2. The molecule has 0 aliphatic rings. The van der Waals surface area contributed by atoms with Crippen molar-refractivity contribution in [3.8, 4) is 11.5 Å². The van der Waals surface area contributed by atoms with E-state index in [-0.39, 0.29) is 11.8 Å². The van der Waals surface area contributed by atoms with Crippen molar-refractivity contribution in [1.29, 1.82) is 0 Å². The first kappa shape index (κ1) is 25.2. The van der Waals surface area contributed by atoms with Crippen molar-refractivity contribution in [2.45, 2.75) is 59.5 Å². The van der Waals surface area contributed by atoms with E-state index in [9.17, 15) is 9.59 Å². The van der Waals surface area contributed by atoms with E-state index in [1.54, 1.807) is 4.90 Å². The normalized spacial score (nSPS) is 11.5. The van der Waals surface area contributed by atoms with Crippen molar-refractivity contribution in [3.63, 3.8) is 0 Å². The second-order valence-electron chi connectivity index (χ2n) is 7.47. The second-order valence-corrected chi connectivity index (χ2v) is 7.47. The van der Waals surface area contributed by atoms with Gasteiger partial charge in [-0.15, -0.1) is 0 Å². The number of hydrogen-bond donors (Lipinski definition) is 1. The summed E-state index contributed by atoms with van der Waals surface area (Å²) in [6, 6.07) is 15.1. The third-order valence-corrected chi connectivity index (χ3v) is 5.17. The first-order chi connectivity index (χ1) is 15.5. The number of carbonyl (C=O) groups is 2. The Labute approximate surface area is 191 Å². The summed E-state index contributed by atoms with van der Waals surface area (Å²) in [6.45, 7) is 9.73. The van der Waals surface area contributed by atoms with Gasteiger partial charge in [0, 0.05) is 19.5 Å². The molecule has 6 heteroatoms. The quantitative estimate of drug-likeness (QED) is 0.503. The summed E-state index contributed by atoms with van der Waals surface area (Å²) in [7, 11) is 0. The van der Waals surface area contributed by atoms with Crippen LogP contribution in [0.25, 0.3) is 0 Å². The van der Waals surface area contributed by atoms with Crippen molar-refractivity contribution in [1.82, 2.24) is 10.2 Å². The molecule has 0 bridgehead atoms. The standard InChI is InChI=1S/C26H36N2O4/c1-5-22(26(30)27-6-2)28(19-21-12-10-9-11-13-21)25(29)17-15-20-14-16-23(31-7-3)24(18-20)32-8-4/h9-14,16,18,22H,5-8,15,17,19H2,1-4H3,(H,27,30)/t22-/m0/s1. The average molecular weight is 441 g/mol. The zero-order valence-corrected chi connectivity index (χ0v) is 19.7. The van der Waals surface area contributed by atoms with Gasteiger partial charge in [0.05, 0.1) is 13.2 Å². The van der Waals surface area contributed by atoms with Gasteiger partial charge >= 0.3 is 0 Å². The second kappa shape index (κ2) is 13.4. The van der Waals surface area contributed by atoms with Crippen LogP contribution in [0.5, 0.6) is 11.5 Å². The fourth-order valence-electron chi connectivity index (χ4n) is 3.64. The number of rotatable bonds is 13. The van der Waals surface area contributed by atoms with Gasteiger partial charge in [-0.2, -0.15) is 0 Å². The molecule has 1 N–H and O–H groups in total. The van der Waals surface area contributed by atoms with Crippen LogP contribution in [0, 0.1) is 0 Å². The van der Waals surface area contributed by atoms with Crippen molar-refractivity contribution in [2.24, 2.45) is 0 Å². The molecule has 2 rings (SSSR count). The minimum atomic E-state index is -0.498. The Kier molecular flexibility index (Phi) is 10.6. The van der Waals surface area contributed by atoms with Gasteiger partial charge in [-0.05, 0) is 56.9 Å². The fraction of sp³-hybridized carbons (Fsp3) is 0.462. The predicted octanol–water partition coefficient (Wildman–Crippen LogP) is 4.36. The molecule has 2 aromatic carbocycles. The van der Waals surface area contributed by atoms with E-state index in [0.717, 1.165) is 11.1 Å². The summed E-state index contributed by atoms with van der Waals surface area (Å²) in [5.41, 5.74) is 2.00. The lowest BCUT2D eigenvalue weighted by Crippen LogP contribution is -2.49. The SMILES string of the molecule is CCNC(=O)[C@H](CC)N(Cc1ccccc1)C(=O)CCc1ccc(OCC)c(OCC)c1. The molecule has 0 spiro atoms. The van der Waals surface area contributed by atoms with Crippen LogP contribution in [0.3, 0.4) is 0 Å². The van der Waals surface area contributed by atoms with Gasteiger partial charge in [-0.25, -0.2) is 0 Å². The van der Waals surface area contributed by atoms with Crippen molar-refractivity contribution < 1.29 is 19.1 Å². The molecule has 32 heavy (non-hydrogen) atoms. The van der Waals surface area contributed by atoms with Gasteiger partial charge in [-0.3, -0.25) is 9.59 Å². The van der Waals surface area contributed by atoms with E-state index >= 15 is 0 Å². The highest BCUT2D eigenvalue weighted by Gasteiger charge is 2.28. The maximum Gasteiger partial charge on any atom is 0.242 e. The molecule has 0 saturated heterocycles. The van der Waals surface area contributed by atoms with Crippen LogP contribution in [-0.4, -0.2) is 42.5 Å². The van der Waals surface area contributed by atoms with Crippen LogP contribution >= 0.6 is 0 Å². The van der Waals surface area contributed by atoms with E-state index in [2.05, 4.69) is 5.32 Å². The zero-order valence-electron chi connectivity index (χ0n) is 19.7. The highest BCUT2D eigenvalue weighted by molar-refractivity contribution is 5.87. The zero-order chi connectivity index (χ0) is 23.3. The summed E-state index contributed by atoms with van der Waals surface area (Å²) < 4.78 is 11.3. The van der Waals surface area contributed by atoms with Crippen LogP contribution in [-0.2, 0) is 22.6 Å². The lowest BCUT2D eigenvalue weighted by atomic mass is 10.1. The lowest BCUT2D eigenvalue weighted by molar-refractivity contribution is -0.141. The minimum absolute atomic E-state index is 0.0428. The van der Waals surface area contributed by atoms with Gasteiger partial charge in [0.2, 0.25) is 11.8 Å². The average Bonchev–Trinajstić information content (AvgIpc) is 2.80. The smallest absolute Gasteiger partial charge is 0.242 e. The third-order valence-electron chi connectivity index (χ3n) is 5.17. The number of aryl methyl sites for hydroxylation is 1.